The molecule has 0 aliphatic heterocycles. The van der Waals surface area contributed by atoms with Gasteiger partial charge in [-0.05, 0) is 6.42 Å². The first-order valence-corrected chi connectivity index (χ1v) is 13.3. The maximum absolute atomic E-state index is 9.17. The van der Waals surface area contributed by atoms with E-state index in [9.17, 15) is 0 Å². The molecule has 0 spiro atoms. The standard InChI is InChI=1S/C26H56NO3/c1-3-4-5-6-7-8-9-10-11-12-13-14-15-16-17-18-25-30-26-19-20-27(2,21-23-28)22-24-29/h28-29H,3-26H2,1-2H3/q+1. The molecular weight excluding hydrogens is 374 g/mol. The van der Waals surface area contributed by atoms with E-state index in [1.165, 1.54) is 103 Å². The number of ether oxygens (including phenoxy) is 1. The molecule has 0 bridgehead atoms. The molecule has 4 nitrogen and oxygen atoms in total. The Balaban J connectivity index is 3.21. The fraction of sp³-hybridized carbons (Fsp3) is 1.00. The highest BCUT2D eigenvalue weighted by Gasteiger charge is 2.19. The molecule has 0 aliphatic rings. The summed E-state index contributed by atoms with van der Waals surface area (Å²) in [6.45, 7) is 6.69. The lowest BCUT2D eigenvalue weighted by Gasteiger charge is -2.33. The Morgan fingerprint density at radius 2 is 0.867 bits per heavy atom. The molecule has 0 amide bonds. The Bertz CT molecular complexity index is 319. The summed E-state index contributed by atoms with van der Waals surface area (Å²) in [6, 6.07) is 0. The molecule has 2 N–H and O–H groups in total. The number of aliphatic hydroxyl groups excluding tert-OH is 2. The Morgan fingerprint density at radius 3 is 1.27 bits per heavy atom. The average molecular weight is 431 g/mol. The van der Waals surface area contributed by atoms with Gasteiger partial charge < -0.3 is 19.4 Å². The summed E-state index contributed by atoms with van der Waals surface area (Å²) >= 11 is 0. The molecule has 0 heterocycles. The van der Waals surface area contributed by atoms with Gasteiger partial charge in [-0.15, -0.1) is 0 Å². The van der Waals surface area contributed by atoms with Gasteiger partial charge in [-0.1, -0.05) is 103 Å². The molecule has 0 fully saturated rings. The highest BCUT2D eigenvalue weighted by Crippen LogP contribution is 2.13. The van der Waals surface area contributed by atoms with Gasteiger partial charge in [0.2, 0.25) is 0 Å². The first kappa shape index (κ1) is 29.8. The van der Waals surface area contributed by atoms with Crippen LogP contribution in [-0.4, -0.2) is 67.8 Å². The lowest BCUT2D eigenvalue weighted by Crippen LogP contribution is -2.48. The van der Waals surface area contributed by atoms with Gasteiger partial charge in [0.25, 0.3) is 0 Å². The van der Waals surface area contributed by atoms with E-state index in [1.807, 2.05) is 0 Å². The number of unbranched alkanes of at least 4 members (excludes halogenated alkanes) is 15. The van der Waals surface area contributed by atoms with Crippen LogP contribution in [-0.2, 0) is 4.74 Å². The second-order valence-electron chi connectivity index (χ2n) is 9.51. The maximum atomic E-state index is 9.17. The molecule has 0 aromatic heterocycles. The van der Waals surface area contributed by atoms with Crippen LogP contribution < -0.4 is 0 Å². The summed E-state index contributed by atoms with van der Waals surface area (Å²) in [4.78, 5) is 0. The average Bonchev–Trinajstić information content (AvgIpc) is 2.72. The lowest BCUT2D eigenvalue weighted by atomic mass is 10.0. The van der Waals surface area contributed by atoms with Crippen LogP contribution in [0.15, 0.2) is 0 Å². The van der Waals surface area contributed by atoms with Crippen molar-refractivity contribution in [1.29, 1.82) is 0 Å². The first-order valence-electron chi connectivity index (χ1n) is 13.3. The molecule has 0 saturated carbocycles. The van der Waals surface area contributed by atoms with E-state index in [-0.39, 0.29) is 13.2 Å². The minimum absolute atomic E-state index is 0.177. The summed E-state index contributed by atoms with van der Waals surface area (Å²) in [5.74, 6) is 0. The van der Waals surface area contributed by atoms with Crippen LogP contribution in [0.4, 0.5) is 0 Å². The van der Waals surface area contributed by atoms with Gasteiger partial charge in [-0.2, -0.15) is 0 Å². The molecule has 0 aromatic carbocycles. The molecule has 4 heteroatoms. The molecule has 0 atom stereocenters. The van der Waals surface area contributed by atoms with E-state index in [0.29, 0.717) is 13.1 Å². The third-order valence-electron chi connectivity index (χ3n) is 6.41. The van der Waals surface area contributed by atoms with Gasteiger partial charge >= 0.3 is 0 Å². The zero-order valence-electron chi connectivity index (χ0n) is 20.7. The summed E-state index contributed by atoms with van der Waals surface area (Å²) in [5, 5.41) is 18.3. The highest BCUT2D eigenvalue weighted by molar-refractivity contribution is 4.50. The molecule has 0 aliphatic carbocycles. The van der Waals surface area contributed by atoms with Gasteiger partial charge in [0.05, 0.1) is 33.4 Å². The Hall–Kier alpha value is -0.160. The predicted molar refractivity (Wildman–Crippen MR) is 130 cm³/mol. The Kier molecular flexibility index (Phi) is 23.4. The smallest absolute Gasteiger partial charge is 0.102 e. The van der Waals surface area contributed by atoms with Crippen molar-refractivity contribution in [2.24, 2.45) is 0 Å². The topological polar surface area (TPSA) is 49.7 Å². The van der Waals surface area contributed by atoms with Crippen molar-refractivity contribution in [2.75, 3.05) is 53.1 Å². The van der Waals surface area contributed by atoms with E-state index in [1.54, 1.807) is 0 Å². The molecule has 0 radical (unpaired) electrons. The summed E-state index contributed by atoms with van der Waals surface area (Å²) in [6.07, 6.45) is 23.4. The summed E-state index contributed by atoms with van der Waals surface area (Å²) in [5.41, 5.74) is 0. The van der Waals surface area contributed by atoms with E-state index in [0.717, 1.165) is 30.7 Å². The SMILES string of the molecule is CCCCCCCCCCCCCCCCCCOCCC[N+](C)(CCO)CCO. The van der Waals surface area contributed by atoms with Crippen LogP contribution in [0.1, 0.15) is 116 Å². The van der Waals surface area contributed by atoms with Crippen molar-refractivity contribution in [3.05, 3.63) is 0 Å². The third kappa shape index (κ3) is 21.1. The van der Waals surface area contributed by atoms with Crippen LogP contribution >= 0.6 is 0 Å². The number of hydrogen-bond donors (Lipinski definition) is 2. The van der Waals surface area contributed by atoms with Crippen LogP contribution in [0, 0.1) is 0 Å². The summed E-state index contributed by atoms with van der Waals surface area (Å²) in [7, 11) is 2.10. The molecule has 182 valence electrons. The largest absolute Gasteiger partial charge is 0.391 e. The van der Waals surface area contributed by atoms with Crippen LogP contribution in [0.25, 0.3) is 0 Å². The van der Waals surface area contributed by atoms with Gasteiger partial charge in [-0.25, -0.2) is 0 Å². The number of likely N-dealkylation sites (N-methyl/N-ethyl adjacent to an activating group) is 1. The number of hydrogen-bond acceptors (Lipinski definition) is 3. The monoisotopic (exact) mass is 430 g/mol. The van der Waals surface area contributed by atoms with Gasteiger partial charge in [-0.3, -0.25) is 0 Å². The zero-order valence-corrected chi connectivity index (χ0v) is 20.7. The molecule has 0 saturated heterocycles. The Morgan fingerprint density at radius 1 is 0.500 bits per heavy atom. The van der Waals surface area contributed by atoms with Crippen molar-refractivity contribution < 1.29 is 19.4 Å². The number of rotatable bonds is 25. The van der Waals surface area contributed by atoms with Gasteiger partial charge in [0.1, 0.15) is 13.1 Å². The minimum atomic E-state index is 0.177. The quantitative estimate of drug-likeness (QED) is 0.136. The highest BCUT2D eigenvalue weighted by atomic mass is 16.5. The van der Waals surface area contributed by atoms with E-state index in [2.05, 4.69) is 14.0 Å². The summed E-state index contributed by atoms with van der Waals surface area (Å²) < 4.78 is 6.50. The molecule has 30 heavy (non-hydrogen) atoms. The normalized spacial score (nSPS) is 12.0. The first-order chi connectivity index (χ1) is 14.7. The van der Waals surface area contributed by atoms with Crippen molar-refractivity contribution in [2.45, 2.75) is 116 Å². The van der Waals surface area contributed by atoms with Crippen molar-refractivity contribution >= 4 is 0 Å². The fourth-order valence-electron chi connectivity index (χ4n) is 4.22. The molecule has 0 rings (SSSR count). The van der Waals surface area contributed by atoms with Gasteiger partial charge in [0.15, 0.2) is 0 Å². The van der Waals surface area contributed by atoms with Gasteiger partial charge in [0, 0.05) is 13.0 Å². The van der Waals surface area contributed by atoms with Crippen LogP contribution in [0.3, 0.4) is 0 Å². The minimum Gasteiger partial charge on any atom is -0.391 e. The third-order valence-corrected chi connectivity index (χ3v) is 6.41. The van der Waals surface area contributed by atoms with Crippen LogP contribution in [0.5, 0.6) is 0 Å². The molecular formula is C26H56NO3+. The predicted octanol–water partition coefficient (Wildman–Crippen LogP) is 6.09. The van der Waals surface area contributed by atoms with E-state index in [4.69, 9.17) is 14.9 Å². The van der Waals surface area contributed by atoms with Crippen LogP contribution in [0.2, 0.25) is 0 Å². The second kappa shape index (κ2) is 23.5. The number of quaternary nitrogens is 1. The molecule has 0 unspecified atom stereocenters. The second-order valence-corrected chi connectivity index (χ2v) is 9.51. The van der Waals surface area contributed by atoms with Crippen molar-refractivity contribution in [3.63, 3.8) is 0 Å². The van der Waals surface area contributed by atoms with Crippen molar-refractivity contribution in [3.8, 4) is 0 Å². The van der Waals surface area contributed by atoms with E-state index >= 15 is 0 Å². The lowest BCUT2D eigenvalue weighted by molar-refractivity contribution is -0.910. The number of aliphatic hydroxyl groups is 2. The number of nitrogens with zero attached hydrogens (tertiary/aromatic N) is 1. The molecule has 0 aromatic rings. The maximum Gasteiger partial charge on any atom is 0.102 e. The van der Waals surface area contributed by atoms with Crippen molar-refractivity contribution in [1.82, 2.24) is 0 Å². The Labute approximate surface area is 189 Å². The zero-order chi connectivity index (χ0) is 22.2. The van der Waals surface area contributed by atoms with E-state index < -0.39 is 0 Å². The fourth-order valence-corrected chi connectivity index (χ4v) is 4.22.